The minimum atomic E-state index is -0.453. The first kappa shape index (κ1) is 18.0. The van der Waals surface area contributed by atoms with Crippen molar-refractivity contribution >= 4 is 6.09 Å². The Morgan fingerprint density at radius 2 is 1.81 bits per heavy atom. The first-order valence-electron chi connectivity index (χ1n) is 9.04. The number of carbonyl (C=O) groups is 1. The van der Waals surface area contributed by atoms with E-state index in [1.807, 2.05) is 42.5 Å². The summed E-state index contributed by atoms with van der Waals surface area (Å²) in [4.78, 5) is 14.1. The van der Waals surface area contributed by atoms with Crippen molar-refractivity contribution in [3.05, 3.63) is 71.3 Å². The van der Waals surface area contributed by atoms with Crippen molar-refractivity contribution in [2.45, 2.75) is 26.0 Å². The molecule has 4 heteroatoms. The zero-order valence-corrected chi connectivity index (χ0v) is 14.9. The fourth-order valence-corrected chi connectivity index (χ4v) is 2.98. The SMILES string of the molecule is O=C(NCC#Cc1cccc(CN2CCCC2)c1)OCc1ccccc1. The van der Waals surface area contributed by atoms with Gasteiger partial charge in [0.25, 0.3) is 0 Å². The van der Waals surface area contributed by atoms with Gasteiger partial charge in [0.05, 0.1) is 6.54 Å². The minimum absolute atomic E-state index is 0.263. The quantitative estimate of drug-likeness (QED) is 0.840. The van der Waals surface area contributed by atoms with Gasteiger partial charge in [-0.2, -0.15) is 0 Å². The van der Waals surface area contributed by atoms with Gasteiger partial charge in [0.15, 0.2) is 0 Å². The Hall–Kier alpha value is -2.77. The number of rotatable bonds is 5. The van der Waals surface area contributed by atoms with Crippen molar-refractivity contribution in [1.29, 1.82) is 0 Å². The van der Waals surface area contributed by atoms with Crippen LogP contribution in [-0.2, 0) is 17.9 Å². The van der Waals surface area contributed by atoms with Crippen LogP contribution in [0.1, 0.15) is 29.5 Å². The van der Waals surface area contributed by atoms with Gasteiger partial charge in [0.2, 0.25) is 0 Å². The summed E-state index contributed by atoms with van der Waals surface area (Å²) in [6.45, 7) is 3.89. The van der Waals surface area contributed by atoms with Crippen molar-refractivity contribution in [3.63, 3.8) is 0 Å². The van der Waals surface area contributed by atoms with Crippen LogP contribution in [0.5, 0.6) is 0 Å². The number of nitrogens with one attached hydrogen (secondary N) is 1. The summed E-state index contributed by atoms with van der Waals surface area (Å²) in [6, 6.07) is 17.9. The van der Waals surface area contributed by atoms with Gasteiger partial charge in [-0.25, -0.2) is 4.79 Å². The molecular weight excluding hydrogens is 324 g/mol. The van der Waals surface area contributed by atoms with Gasteiger partial charge in [-0.3, -0.25) is 4.90 Å². The first-order valence-corrected chi connectivity index (χ1v) is 9.04. The maximum absolute atomic E-state index is 11.7. The number of benzene rings is 2. The average molecular weight is 348 g/mol. The normalized spacial score (nSPS) is 13.7. The van der Waals surface area contributed by atoms with Gasteiger partial charge in [-0.05, 0) is 49.2 Å². The molecule has 0 bridgehead atoms. The van der Waals surface area contributed by atoms with E-state index in [4.69, 9.17) is 4.74 Å². The summed E-state index contributed by atoms with van der Waals surface area (Å²) in [5.74, 6) is 6.08. The molecule has 134 valence electrons. The van der Waals surface area contributed by atoms with Crippen molar-refractivity contribution in [2.75, 3.05) is 19.6 Å². The highest BCUT2D eigenvalue weighted by molar-refractivity contribution is 5.67. The Kier molecular flexibility index (Phi) is 6.69. The molecule has 0 atom stereocenters. The van der Waals surface area contributed by atoms with Crippen LogP contribution >= 0.6 is 0 Å². The molecule has 1 fully saturated rings. The highest BCUT2D eigenvalue weighted by Crippen LogP contribution is 2.13. The van der Waals surface area contributed by atoms with Crippen LogP contribution in [0.3, 0.4) is 0 Å². The smallest absolute Gasteiger partial charge is 0.408 e. The second kappa shape index (κ2) is 9.65. The number of ether oxygens (including phenoxy) is 1. The van der Waals surface area contributed by atoms with Crippen LogP contribution in [0.25, 0.3) is 0 Å². The van der Waals surface area contributed by atoms with E-state index in [1.165, 1.54) is 31.5 Å². The van der Waals surface area contributed by atoms with Gasteiger partial charge in [-0.15, -0.1) is 0 Å². The number of alkyl carbamates (subject to hydrolysis) is 1. The lowest BCUT2D eigenvalue weighted by Gasteiger charge is -2.14. The molecule has 0 spiro atoms. The standard InChI is InChI=1S/C22H24N2O2/c25-22(26-18-20-8-2-1-3-9-20)23-13-7-12-19-10-6-11-21(16-19)17-24-14-4-5-15-24/h1-3,6,8-11,16H,4-5,13-15,17-18H2,(H,23,25). The Labute approximate surface area is 155 Å². The predicted molar refractivity (Wildman–Crippen MR) is 102 cm³/mol. The zero-order chi connectivity index (χ0) is 18.0. The second-order valence-electron chi connectivity index (χ2n) is 6.40. The van der Waals surface area contributed by atoms with Crippen molar-refractivity contribution in [1.82, 2.24) is 10.2 Å². The molecule has 2 aromatic rings. The van der Waals surface area contributed by atoms with Crippen LogP contribution in [0.4, 0.5) is 4.79 Å². The van der Waals surface area contributed by atoms with E-state index in [0.29, 0.717) is 0 Å². The molecule has 1 aliphatic heterocycles. The fraction of sp³-hybridized carbons (Fsp3) is 0.318. The van der Waals surface area contributed by atoms with Crippen LogP contribution < -0.4 is 5.32 Å². The van der Waals surface area contributed by atoms with Crippen LogP contribution in [0.2, 0.25) is 0 Å². The van der Waals surface area contributed by atoms with Gasteiger partial charge < -0.3 is 10.1 Å². The number of nitrogens with zero attached hydrogens (tertiary/aromatic N) is 1. The third-order valence-electron chi connectivity index (χ3n) is 4.30. The molecule has 1 heterocycles. The third-order valence-corrected chi connectivity index (χ3v) is 4.30. The molecule has 2 aromatic carbocycles. The Bertz CT molecular complexity index is 771. The van der Waals surface area contributed by atoms with E-state index in [-0.39, 0.29) is 13.2 Å². The second-order valence-corrected chi connectivity index (χ2v) is 6.40. The largest absolute Gasteiger partial charge is 0.445 e. The van der Waals surface area contributed by atoms with Gasteiger partial charge >= 0.3 is 6.09 Å². The van der Waals surface area contributed by atoms with Crippen LogP contribution in [0, 0.1) is 11.8 Å². The number of hydrogen-bond acceptors (Lipinski definition) is 3. The monoisotopic (exact) mass is 348 g/mol. The maximum atomic E-state index is 11.7. The molecule has 0 aromatic heterocycles. The topological polar surface area (TPSA) is 41.6 Å². The van der Waals surface area contributed by atoms with E-state index >= 15 is 0 Å². The lowest BCUT2D eigenvalue weighted by Crippen LogP contribution is -2.24. The Morgan fingerprint density at radius 1 is 1.04 bits per heavy atom. The maximum Gasteiger partial charge on any atom is 0.408 e. The summed E-state index contributed by atoms with van der Waals surface area (Å²) in [5, 5.41) is 2.65. The Balaban J connectivity index is 1.42. The van der Waals surface area contributed by atoms with Crippen molar-refractivity contribution < 1.29 is 9.53 Å². The highest BCUT2D eigenvalue weighted by atomic mass is 16.5. The van der Waals surface area contributed by atoms with E-state index in [2.05, 4.69) is 34.2 Å². The molecule has 3 rings (SSSR count). The van der Waals surface area contributed by atoms with E-state index < -0.39 is 6.09 Å². The number of carbonyl (C=O) groups excluding carboxylic acids is 1. The summed E-state index contributed by atoms with van der Waals surface area (Å²) < 4.78 is 5.15. The summed E-state index contributed by atoms with van der Waals surface area (Å²) in [7, 11) is 0. The van der Waals surface area contributed by atoms with Crippen molar-refractivity contribution in [3.8, 4) is 11.8 Å². The zero-order valence-electron chi connectivity index (χ0n) is 14.9. The molecule has 1 amide bonds. The van der Waals surface area contributed by atoms with E-state index in [9.17, 15) is 4.79 Å². The molecule has 1 aliphatic rings. The van der Waals surface area contributed by atoms with Crippen LogP contribution in [0.15, 0.2) is 54.6 Å². The molecule has 0 saturated carbocycles. The molecule has 0 radical (unpaired) electrons. The van der Waals surface area contributed by atoms with E-state index in [1.54, 1.807) is 0 Å². The summed E-state index contributed by atoms with van der Waals surface area (Å²) in [5.41, 5.74) is 3.22. The minimum Gasteiger partial charge on any atom is -0.445 e. The Morgan fingerprint density at radius 3 is 2.62 bits per heavy atom. The molecule has 26 heavy (non-hydrogen) atoms. The van der Waals surface area contributed by atoms with Crippen LogP contribution in [-0.4, -0.2) is 30.6 Å². The fourth-order valence-electron chi connectivity index (χ4n) is 2.98. The molecular formula is C22H24N2O2. The number of hydrogen-bond donors (Lipinski definition) is 1. The molecule has 4 nitrogen and oxygen atoms in total. The van der Waals surface area contributed by atoms with Crippen molar-refractivity contribution in [2.24, 2.45) is 0 Å². The lowest BCUT2D eigenvalue weighted by molar-refractivity contribution is 0.141. The molecule has 1 saturated heterocycles. The number of amides is 1. The molecule has 1 N–H and O–H groups in total. The first-order chi connectivity index (χ1) is 12.8. The third kappa shape index (κ3) is 5.94. The lowest BCUT2D eigenvalue weighted by atomic mass is 10.1. The van der Waals surface area contributed by atoms with Gasteiger partial charge in [0.1, 0.15) is 6.61 Å². The summed E-state index contributed by atoms with van der Waals surface area (Å²) in [6.07, 6.45) is 2.14. The van der Waals surface area contributed by atoms with Gasteiger partial charge in [-0.1, -0.05) is 54.3 Å². The van der Waals surface area contributed by atoms with E-state index in [0.717, 1.165) is 17.7 Å². The molecule has 0 aliphatic carbocycles. The highest BCUT2D eigenvalue weighted by Gasteiger charge is 2.11. The predicted octanol–water partition coefficient (Wildman–Crippen LogP) is 3.56. The molecule has 0 unspecified atom stereocenters. The number of likely N-dealkylation sites (tertiary alicyclic amines) is 1. The average Bonchev–Trinajstić information content (AvgIpc) is 3.18. The van der Waals surface area contributed by atoms with Gasteiger partial charge in [0, 0.05) is 12.1 Å². The summed E-state index contributed by atoms with van der Waals surface area (Å²) >= 11 is 0.